The quantitative estimate of drug-likeness (QED) is 0.698. The predicted molar refractivity (Wildman–Crippen MR) is 74.9 cm³/mol. The van der Waals surface area contributed by atoms with Gasteiger partial charge in [-0.15, -0.1) is 0 Å². The van der Waals surface area contributed by atoms with Crippen LogP contribution in [0.4, 0.5) is 0 Å². The summed E-state index contributed by atoms with van der Waals surface area (Å²) in [5, 5.41) is 12.8. The second-order valence-electron chi connectivity index (χ2n) is 5.28. The average molecular weight is 251 g/mol. The van der Waals surface area contributed by atoms with Gasteiger partial charge in [0.05, 0.1) is 13.2 Å². The largest absolute Gasteiger partial charge is 0.494 e. The summed E-state index contributed by atoms with van der Waals surface area (Å²) in [6.07, 6.45) is 1.82. The van der Waals surface area contributed by atoms with Crippen molar-refractivity contribution in [2.24, 2.45) is 0 Å². The number of para-hydroxylation sites is 1. The SMILES string of the molecule is CC(C)NC(C)(CO)CCCOc1ccccc1. The van der Waals surface area contributed by atoms with Crippen LogP contribution in [0.25, 0.3) is 0 Å². The highest BCUT2D eigenvalue weighted by atomic mass is 16.5. The first-order valence-corrected chi connectivity index (χ1v) is 6.62. The summed E-state index contributed by atoms with van der Waals surface area (Å²) in [6.45, 7) is 7.06. The number of aliphatic hydroxyl groups excluding tert-OH is 1. The molecule has 0 heterocycles. The minimum absolute atomic E-state index is 0.149. The van der Waals surface area contributed by atoms with Gasteiger partial charge in [-0.1, -0.05) is 32.0 Å². The third kappa shape index (κ3) is 5.52. The molecule has 1 aromatic carbocycles. The molecule has 0 aromatic heterocycles. The summed E-state index contributed by atoms with van der Waals surface area (Å²) in [4.78, 5) is 0. The van der Waals surface area contributed by atoms with E-state index >= 15 is 0 Å². The zero-order valence-electron chi connectivity index (χ0n) is 11.6. The molecular weight excluding hydrogens is 226 g/mol. The van der Waals surface area contributed by atoms with Gasteiger partial charge in [-0.05, 0) is 31.9 Å². The van der Waals surface area contributed by atoms with Gasteiger partial charge in [-0.2, -0.15) is 0 Å². The molecule has 1 aromatic rings. The van der Waals surface area contributed by atoms with Crippen molar-refractivity contribution in [3.8, 4) is 5.75 Å². The lowest BCUT2D eigenvalue weighted by molar-refractivity contribution is 0.147. The molecule has 0 aliphatic heterocycles. The lowest BCUT2D eigenvalue weighted by Gasteiger charge is -2.31. The highest BCUT2D eigenvalue weighted by Crippen LogP contribution is 2.14. The van der Waals surface area contributed by atoms with Crippen molar-refractivity contribution in [2.75, 3.05) is 13.2 Å². The fraction of sp³-hybridized carbons (Fsp3) is 0.600. The van der Waals surface area contributed by atoms with Crippen LogP contribution in [0, 0.1) is 0 Å². The summed E-state index contributed by atoms with van der Waals surface area (Å²) in [5.74, 6) is 0.903. The third-order valence-corrected chi connectivity index (χ3v) is 2.87. The Hall–Kier alpha value is -1.06. The molecule has 0 bridgehead atoms. The van der Waals surface area contributed by atoms with E-state index in [4.69, 9.17) is 4.74 Å². The Kier molecular flexibility index (Phi) is 6.16. The summed E-state index contributed by atoms with van der Waals surface area (Å²) in [7, 11) is 0. The van der Waals surface area contributed by atoms with Crippen LogP contribution in [0.3, 0.4) is 0 Å². The van der Waals surface area contributed by atoms with E-state index in [2.05, 4.69) is 26.1 Å². The second-order valence-corrected chi connectivity index (χ2v) is 5.28. The van der Waals surface area contributed by atoms with Gasteiger partial charge in [0.15, 0.2) is 0 Å². The first kappa shape index (κ1) is 15.0. The van der Waals surface area contributed by atoms with Crippen LogP contribution in [0.5, 0.6) is 5.75 Å². The van der Waals surface area contributed by atoms with Gasteiger partial charge in [-0.25, -0.2) is 0 Å². The summed E-state index contributed by atoms with van der Waals surface area (Å²) < 4.78 is 5.64. The van der Waals surface area contributed by atoms with E-state index in [9.17, 15) is 5.11 Å². The lowest BCUT2D eigenvalue weighted by atomic mass is 9.96. The standard InChI is InChI=1S/C15H25NO2/c1-13(2)16-15(3,12-17)10-7-11-18-14-8-5-4-6-9-14/h4-6,8-9,13,16-17H,7,10-12H2,1-3H3. The molecule has 1 atom stereocenters. The van der Waals surface area contributed by atoms with Crippen molar-refractivity contribution in [3.05, 3.63) is 30.3 Å². The Morgan fingerprint density at radius 2 is 1.94 bits per heavy atom. The van der Waals surface area contributed by atoms with E-state index in [1.54, 1.807) is 0 Å². The molecule has 3 nitrogen and oxygen atoms in total. The molecule has 0 aliphatic rings. The first-order chi connectivity index (χ1) is 8.56. The molecule has 2 N–H and O–H groups in total. The fourth-order valence-electron chi connectivity index (χ4n) is 2.06. The smallest absolute Gasteiger partial charge is 0.119 e. The fourth-order valence-corrected chi connectivity index (χ4v) is 2.06. The minimum Gasteiger partial charge on any atom is -0.494 e. The van der Waals surface area contributed by atoms with Gasteiger partial charge in [0.25, 0.3) is 0 Å². The predicted octanol–water partition coefficient (Wildman–Crippen LogP) is 2.59. The van der Waals surface area contributed by atoms with E-state index < -0.39 is 0 Å². The summed E-state index contributed by atoms with van der Waals surface area (Å²) in [5.41, 5.74) is -0.214. The Bertz CT molecular complexity index is 327. The molecule has 0 saturated heterocycles. The zero-order valence-corrected chi connectivity index (χ0v) is 11.6. The molecule has 18 heavy (non-hydrogen) atoms. The van der Waals surface area contributed by atoms with E-state index in [1.165, 1.54) is 0 Å². The highest BCUT2D eigenvalue weighted by Gasteiger charge is 2.23. The van der Waals surface area contributed by atoms with Gasteiger partial charge < -0.3 is 15.2 Å². The van der Waals surface area contributed by atoms with Crippen LogP contribution in [-0.2, 0) is 0 Å². The van der Waals surface area contributed by atoms with Crippen molar-refractivity contribution in [1.82, 2.24) is 5.32 Å². The Labute approximate surface area is 110 Å². The number of benzene rings is 1. The first-order valence-electron chi connectivity index (χ1n) is 6.62. The van der Waals surface area contributed by atoms with Crippen LogP contribution in [0.1, 0.15) is 33.6 Å². The molecule has 0 fully saturated rings. The number of hydrogen-bond donors (Lipinski definition) is 2. The normalized spacial score (nSPS) is 14.5. The molecule has 0 amide bonds. The van der Waals surface area contributed by atoms with E-state index in [1.807, 2.05) is 30.3 Å². The Morgan fingerprint density at radius 1 is 1.28 bits per heavy atom. The third-order valence-electron chi connectivity index (χ3n) is 2.87. The highest BCUT2D eigenvalue weighted by molar-refractivity contribution is 5.20. The van der Waals surface area contributed by atoms with E-state index in [0.29, 0.717) is 12.6 Å². The van der Waals surface area contributed by atoms with Crippen LogP contribution in [0.2, 0.25) is 0 Å². The minimum atomic E-state index is -0.214. The molecule has 0 aliphatic carbocycles. The van der Waals surface area contributed by atoms with Crippen LogP contribution in [-0.4, -0.2) is 29.9 Å². The maximum Gasteiger partial charge on any atom is 0.119 e. The summed E-state index contributed by atoms with van der Waals surface area (Å²) in [6, 6.07) is 10.2. The molecule has 0 saturated carbocycles. The second kappa shape index (κ2) is 7.39. The maximum absolute atomic E-state index is 9.45. The van der Waals surface area contributed by atoms with Gasteiger partial charge in [0, 0.05) is 11.6 Å². The number of rotatable bonds is 8. The molecule has 3 heteroatoms. The summed E-state index contributed by atoms with van der Waals surface area (Å²) >= 11 is 0. The molecule has 0 radical (unpaired) electrons. The topological polar surface area (TPSA) is 41.5 Å². The lowest BCUT2D eigenvalue weighted by Crippen LogP contribution is -2.49. The monoisotopic (exact) mass is 251 g/mol. The molecule has 1 unspecified atom stereocenters. The van der Waals surface area contributed by atoms with Crippen molar-refractivity contribution in [3.63, 3.8) is 0 Å². The number of hydrogen-bond acceptors (Lipinski definition) is 3. The van der Waals surface area contributed by atoms with E-state index in [-0.39, 0.29) is 12.1 Å². The number of nitrogens with one attached hydrogen (secondary N) is 1. The van der Waals surface area contributed by atoms with Crippen LogP contribution in [0.15, 0.2) is 30.3 Å². The van der Waals surface area contributed by atoms with E-state index in [0.717, 1.165) is 18.6 Å². The van der Waals surface area contributed by atoms with Gasteiger partial charge in [0.1, 0.15) is 5.75 Å². The molecule has 102 valence electrons. The maximum atomic E-state index is 9.45. The zero-order chi connectivity index (χ0) is 13.4. The van der Waals surface area contributed by atoms with Crippen LogP contribution < -0.4 is 10.1 Å². The van der Waals surface area contributed by atoms with Gasteiger partial charge in [-0.3, -0.25) is 0 Å². The Balaban J connectivity index is 2.27. The van der Waals surface area contributed by atoms with Crippen molar-refractivity contribution in [2.45, 2.75) is 45.2 Å². The average Bonchev–Trinajstić information content (AvgIpc) is 2.35. The van der Waals surface area contributed by atoms with Gasteiger partial charge >= 0.3 is 0 Å². The van der Waals surface area contributed by atoms with Crippen molar-refractivity contribution in [1.29, 1.82) is 0 Å². The Morgan fingerprint density at radius 3 is 2.50 bits per heavy atom. The number of aliphatic hydroxyl groups is 1. The van der Waals surface area contributed by atoms with Crippen molar-refractivity contribution >= 4 is 0 Å². The van der Waals surface area contributed by atoms with Gasteiger partial charge in [0.2, 0.25) is 0 Å². The molecule has 1 rings (SSSR count). The molecule has 0 spiro atoms. The molecular formula is C15H25NO2. The van der Waals surface area contributed by atoms with Crippen LogP contribution >= 0.6 is 0 Å². The number of ether oxygens (including phenoxy) is 1. The van der Waals surface area contributed by atoms with Crippen molar-refractivity contribution < 1.29 is 9.84 Å².